The van der Waals surface area contributed by atoms with Gasteiger partial charge in [-0.05, 0) is 18.2 Å². The molecule has 0 fully saturated rings. The van der Waals surface area contributed by atoms with Crippen LogP contribution in [-0.2, 0) is 0 Å². The summed E-state index contributed by atoms with van der Waals surface area (Å²) in [5, 5.41) is 1.08. The molecule has 16 heavy (non-hydrogen) atoms. The predicted molar refractivity (Wildman–Crippen MR) is 68.4 cm³/mol. The zero-order valence-electron chi connectivity index (χ0n) is 8.96. The standard InChI is InChI=1S/C12H11N3Si/c16-11-8-13-12-10(14-11)6-7-15(12)9-4-2-1-3-5-9/h1-8H,16H3. The number of hydrogen-bond donors (Lipinski definition) is 0. The van der Waals surface area contributed by atoms with E-state index in [9.17, 15) is 0 Å². The second kappa shape index (κ2) is 3.57. The van der Waals surface area contributed by atoms with E-state index >= 15 is 0 Å². The van der Waals surface area contributed by atoms with Gasteiger partial charge in [-0.15, -0.1) is 0 Å². The average molecular weight is 225 g/mol. The van der Waals surface area contributed by atoms with Gasteiger partial charge in [-0.1, -0.05) is 18.2 Å². The summed E-state index contributed by atoms with van der Waals surface area (Å²) in [6, 6.07) is 12.2. The first-order valence-electron chi connectivity index (χ1n) is 5.21. The Morgan fingerprint density at radius 1 is 1.06 bits per heavy atom. The van der Waals surface area contributed by atoms with E-state index in [-0.39, 0.29) is 0 Å². The van der Waals surface area contributed by atoms with Crippen LogP contribution in [0, 0.1) is 0 Å². The van der Waals surface area contributed by atoms with Crippen LogP contribution >= 0.6 is 0 Å². The minimum absolute atomic E-state index is 0.922. The molecule has 0 aliphatic carbocycles. The van der Waals surface area contributed by atoms with E-state index in [2.05, 4.69) is 26.7 Å². The van der Waals surface area contributed by atoms with Crippen LogP contribution in [0.3, 0.4) is 0 Å². The summed E-state index contributed by atoms with van der Waals surface area (Å²) in [7, 11) is 0.940. The molecule has 2 heterocycles. The van der Waals surface area contributed by atoms with Gasteiger partial charge in [-0.2, -0.15) is 0 Å². The highest BCUT2D eigenvalue weighted by molar-refractivity contribution is 6.30. The monoisotopic (exact) mass is 225 g/mol. The Morgan fingerprint density at radius 2 is 1.88 bits per heavy atom. The SMILES string of the molecule is [SiH3]c1cnc2c(ccn2-c2ccccc2)n1. The first-order valence-corrected chi connectivity index (χ1v) is 6.21. The molecule has 1 aromatic carbocycles. The van der Waals surface area contributed by atoms with Crippen LogP contribution in [0.15, 0.2) is 48.8 Å². The maximum absolute atomic E-state index is 4.50. The van der Waals surface area contributed by atoms with Crippen molar-refractivity contribution in [3.05, 3.63) is 48.8 Å². The molecule has 0 radical (unpaired) electrons. The van der Waals surface area contributed by atoms with Gasteiger partial charge in [-0.25, -0.2) is 4.98 Å². The van der Waals surface area contributed by atoms with Crippen molar-refractivity contribution in [3.8, 4) is 5.69 Å². The van der Waals surface area contributed by atoms with Crippen molar-refractivity contribution in [1.82, 2.24) is 14.5 Å². The summed E-state index contributed by atoms with van der Waals surface area (Å²) < 4.78 is 2.06. The van der Waals surface area contributed by atoms with Crippen LogP contribution in [0.4, 0.5) is 0 Å². The Labute approximate surface area is 96.2 Å². The van der Waals surface area contributed by atoms with Crippen molar-refractivity contribution in [2.75, 3.05) is 0 Å². The summed E-state index contributed by atoms with van der Waals surface area (Å²) in [4.78, 5) is 8.95. The molecule has 0 spiro atoms. The highest BCUT2D eigenvalue weighted by Crippen LogP contribution is 2.15. The van der Waals surface area contributed by atoms with Crippen LogP contribution in [-0.4, -0.2) is 24.8 Å². The molecule has 0 amide bonds. The van der Waals surface area contributed by atoms with Gasteiger partial charge in [0, 0.05) is 23.4 Å². The summed E-state index contributed by atoms with van der Waals surface area (Å²) in [5.41, 5.74) is 3.01. The molecule has 0 saturated carbocycles. The molecule has 0 N–H and O–H groups in total. The maximum Gasteiger partial charge on any atom is 0.163 e. The molecule has 78 valence electrons. The van der Waals surface area contributed by atoms with Gasteiger partial charge in [0.2, 0.25) is 0 Å². The third-order valence-corrected chi connectivity index (χ3v) is 3.03. The van der Waals surface area contributed by atoms with Gasteiger partial charge in [0.05, 0.1) is 10.2 Å². The second-order valence-electron chi connectivity index (χ2n) is 3.74. The lowest BCUT2D eigenvalue weighted by molar-refractivity contribution is 1.09. The minimum atomic E-state index is 0.922. The third-order valence-electron chi connectivity index (χ3n) is 2.54. The van der Waals surface area contributed by atoms with Crippen LogP contribution in [0.5, 0.6) is 0 Å². The Balaban J connectivity index is 2.26. The van der Waals surface area contributed by atoms with Crippen LogP contribution in [0.25, 0.3) is 16.9 Å². The Hall–Kier alpha value is -1.94. The van der Waals surface area contributed by atoms with Crippen LogP contribution < -0.4 is 5.32 Å². The van der Waals surface area contributed by atoms with E-state index in [1.807, 2.05) is 36.7 Å². The van der Waals surface area contributed by atoms with Crippen molar-refractivity contribution < 1.29 is 0 Å². The molecule has 0 aliphatic rings. The molecule has 2 aromatic heterocycles. The lowest BCUT2D eigenvalue weighted by Gasteiger charge is -2.03. The summed E-state index contributed by atoms with van der Waals surface area (Å²) >= 11 is 0. The van der Waals surface area contributed by atoms with Crippen LogP contribution in [0.1, 0.15) is 0 Å². The highest BCUT2D eigenvalue weighted by atomic mass is 28.1. The number of rotatable bonds is 1. The number of benzene rings is 1. The minimum Gasteiger partial charge on any atom is -0.300 e. The van der Waals surface area contributed by atoms with Gasteiger partial charge < -0.3 is 0 Å². The fourth-order valence-electron chi connectivity index (χ4n) is 1.80. The summed E-state index contributed by atoms with van der Waals surface area (Å²) in [6.07, 6.45) is 3.87. The van der Waals surface area contributed by atoms with E-state index < -0.39 is 0 Å². The number of aromatic nitrogens is 3. The van der Waals surface area contributed by atoms with E-state index in [0.717, 1.165) is 32.4 Å². The fraction of sp³-hybridized carbons (Fsp3) is 0. The maximum atomic E-state index is 4.50. The molecular weight excluding hydrogens is 214 g/mol. The quantitative estimate of drug-likeness (QED) is 0.562. The first kappa shape index (κ1) is 9.29. The molecule has 0 saturated heterocycles. The molecule has 3 aromatic rings. The lowest BCUT2D eigenvalue weighted by atomic mass is 10.3. The molecule has 0 aliphatic heterocycles. The zero-order valence-corrected chi connectivity index (χ0v) is 11.0. The number of fused-ring (bicyclic) bond motifs is 1. The molecule has 0 atom stereocenters. The van der Waals surface area contributed by atoms with Crippen molar-refractivity contribution in [3.63, 3.8) is 0 Å². The smallest absolute Gasteiger partial charge is 0.163 e. The average Bonchev–Trinajstić information content (AvgIpc) is 2.73. The molecule has 4 heteroatoms. The molecular formula is C12H11N3Si. The number of nitrogens with zero attached hydrogens (tertiary/aromatic N) is 3. The topological polar surface area (TPSA) is 30.7 Å². The molecule has 3 nitrogen and oxygen atoms in total. The third kappa shape index (κ3) is 1.43. The first-order chi connectivity index (χ1) is 7.84. The van der Waals surface area contributed by atoms with Crippen molar-refractivity contribution >= 4 is 26.7 Å². The zero-order chi connectivity index (χ0) is 11.0. The Morgan fingerprint density at radius 3 is 2.69 bits per heavy atom. The Kier molecular flexibility index (Phi) is 2.07. The van der Waals surface area contributed by atoms with Crippen molar-refractivity contribution in [1.29, 1.82) is 0 Å². The number of para-hydroxylation sites is 1. The molecule has 0 bridgehead atoms. The van der Waals surface area contributed by atoms with E-state index in [0.29, 0.717) is 0 Å². The fourth-order valence-corrected chi connectivity index (χ4v) is 2.17. The normalized spacial score (nSPS) is 11.0. The van der Waals surface area contributed by atoms with Crippen LogP contribution in [0.2, 0.25) is 0 Å². The van der Waals surface area contributed by atoms with Crippen molar-refractivity contribution in [2.45, 2.75) is 0 Å². The summed E-state index contributed by atoms with van der Waals surface area (Å²) in [5.74, 6) is 0. The molecule has 3 rings (SSSR count). The van der Waals surface area contributed by atoms with Gasteiger partial charge in [0.25, 0.3) is 0 Å². The largest absolute Gasteiger partial charge is 0.300 e. The van der Waals surface area contributed by atoms with E-state index in [1.165, 1.54) is 0 Å². The van der Waals surface area contributed by atoms with Gasteiger partial charge in [0.15, 0.2) is 5.65 Å². The van der Waals surface area contributed by atoms with Gasteiger partial charge >= 0.3 is 0 Å². The predicted octanol–water partition coefficient (Wildman–Crippen LogP) is 0.411. The van der Waals surface area contributed by atoms with E-state index in [1.54, 1.807) is 0 Å². The second-order valence-corrected chi connectivity index (χ2v) is 4.77. The summed E-state index contributed by atoms with van der Waals surface area (Å²) in [6.45, 7) is 0. The Bertz CT molecular complexity index is 631. The molecule has 0 unspecified atom stereocenters. The van der Waals surface area contributed by atoms with Crippen molar-refractivity contribution in [2.24, 2.45) is 0 Å². The van der Waals surface area contributed by atoms with Gasteiger partial charge in [-0.3, -0.25) is 9.55 Å². The highest BCUT2D eigenvalue weighted by Gasteiger charge is 2.04. The van der Waals surface area contributed by atoms with Gasteiger partial charge in [0.1, 0.15) is 5.52 Å². The lowest BCUT2D eigenvalue weighted by Crippen LogP contribution is -2.08. The number of hydrogen-bond acceptors (Lipinski definition) is 2. The van der Waals surface area contributed by atoms with E-state index in [4.69, 9.17) is 0 Å².